The second-order valence-corrected chi connectivity index (χ2v) is 16.4. The van der Waals surface area contributed by atoms with Crippen LogP contribution >= 0.6 is 0 Å². The molecule has 0 aliphatic rings. The summed E-state index contributed by atoms with van der Waals surface area (Å²) >= 11 is 0. The predicted octanol–water partition coefficient (Wildman–Crippen LogP) is 16.4. The first-order valence-corrected chi connectivity index (χ1v) is 21.6. The number of benzene rings is 10. The van der Waals surface area contributed by atoms with Gasteiger partial charge < -0.3 is 13.6 Å². The van der Waals surface area contributed by atoms with Gasteiger partial charge in [0.05, 0.1) is 33.4 Å². The van der Waals surface area contributed by atoms with Gasteiger partial charge in [-0.1, -0.05) is 182 Å². The highest BCUT2D eigenvalue weighted by Crippen LogP contribution is 2.46. The molecule has 63 heavy (non-hydrogen) atoms. The fourth-order valence-electron chi connectivity index (χ4n) is 10.3. The van der Waals surface area contributed by atoms with Crippen molar-refractivity contribution in [3.8, 4) is 55.9 Å². The zero-order valence-corrected chi connectivity index (χ0v) is 34.2. The first kappa shape index (κ1) is 35.4. The Bertz CT molecular complexity index is 3900. The minimum Gasteiger partial charge on any atom is -0.454 e. The maximum atomic E-state index is 6.97. The third-order valence-corrected chi connectivity index (χ3v) is 13.0. The smallest absolute Gasteiger partial charge is 0.160 e. The first-order valence-electron chi connectivity index (χ1n) is 21.6. The molecule has 0 amide bonds. The number of rotatable bonds is 6. The van der Waals surface area contributed by atoms with E-state index in [1.54, 1.807) is 0 Å². The van der Waals surface area contributed by atoms with Crippen LogP contribution in [0.15, 0.2) is 235 Å². The normalized spacial score (nSPS) is 11.8. The van der Waals surface area contributed by atoms with E-state index in [9.17, 15) is 0 Å². The summed E-state index contributed by atoms with van der Waals surface area (Å²) in [6.45, 7) is 0. The number of hydrogen-bond acceptors (Lipinski definition) is 1. The lowest BCUT2D eigenvalue weighted by molar-refractivity contribution is 0.666. The molecule has 10 aromatic carbocycles. The van der Waals surface area contributed by atoms with Gasteiger partial charge in [-0.25, -0.2) is 0 Å². The molecule has 0 aliphatic heterocycles. The standard InChI is InChI=1S/C60H38N2O/c1-3-18-39(19-4-1)42-22-7-8-24-45(42)47-35-37-56(60-59(47)49-27-12-16-33-57(49)63-60)62-53-31-15-11-26-48(53)58-44(28-17-32-55(58)62)41-34-36-54-50(38-41)46-25-10-14-30-52(46)61(54)51-29-13-9-23-43(51)40-20-5-2-6-21-40/h1-38H. The van der Waals surface area contributed by atoms with Gasteiger partial charge in [-0.05, 0) is 87.5 Å². The van der Waals surface area contributed by atoms with Crippen LogP contribution in [0, 0.1) is 0 Å². The van der Waals surface area contributed by atoms with Crippen LogP contribution in [0.25, 0.3) is 121 Å². The SMILES string of the molecule is c1ccc(-c2ccccc2-c2ccc(-n3c4ccccc4c4c(-c5ccc6c(c5)c5ccccc5n6-c5ccccc5-c5ccccc5)cccc43)c3oc4ccccc4c23)cc1. The van der Waals surface area contributed by atoms with Gasteiger partial charge in [0.1, 0.15) is 5.58 Å². The molecule has 0 bridgehead atoms. The maximum absolute atomic E-state index is 6.97. The lowest BCUT2D eigenvalue weighted by Crippen LogP contribution is -1.97. The number of fused-ring (bicyclic) bond motifs is 9. The number of hydrogen-bond donors (Lipinski definition) is 0. The molecule has 0 radical (unpaired) electrons. The summed E-state index contributed by atoms with van der Waals surface area (Å²) in [4.78, 5) is 0. The zero-order valence-electron chi connectivity index (χ0n) is 34.2. The van der Waals surface area contributed by atoms with Crippen LogP contribution in [0.5, 0.6) is 0 Å². The van der Waals surface area contributed by atoms with Crippen molar-refractivity contribution in [2.24, 2.45) is 0 Å². The summed E-state index contributed by atoms with van der Waals surface area (Å²) in [5, 5.41) is 7.09. The van der Waals surface area contributed by atoms with Crippen molar-refractivity contribution in [3.63, 3.8) is 0 Å². The van der Waals surface area contributed by atoms with E-state index in [1.165, 1.54) is 77.2 Å². The molecule has 0 fully saturated rings. The Morgan fingerprint density at radius 2 is 0.825 bits per heavy atom. The molecule has 3 heteroatoms. The molecule has 0 aliphatic carbocycles. The lowest BCUT2D eigenvalue weighted by Gasteiger charge is -2.15. The first-order chi connectivity index (χ1) is 31.3. The van der Waals surface area contributed by atoms with Crippen molar-refractivity contribution in [2.75, 3.05) is 0 Å². The minimum atomic E-state index is 0.870. The van der Waals surface area contributed by atoms with Crippen LogP contribution in [0.2, 0.25) is 0 Å². The number of aromatic nitrogens is 2. The molecule has 0 N–H and O–H groups in total. The highest BCUT2D eigenvalue weighted by Gasteiger charge is 2.24. The van der Waals surface area contributed by atoms with E-state index in [1.807, 2.05) is 0 Å². The Balaban J connectivity index is 1.04. The molecule has 0 unspecified atom stereocenters. The number of furan rings is 1. The van der Waals surface area contributed by atoms with Gasteiger partial charge in [0.2, 0.25) is 0 Å². The van der Waals surface area contributed by atoms with Crippen LogP contribution in [0.1, 0.15) is 0 Å². The Morgan fingerprint density at radius 1 is 0.270 bits per heavy atom. The Hall–Kier alpha value is -8.40. The van der Waals surface area contributed by atoms with Crippen molar-refractivity contribution in [2.45, 2.75) is 0 Å². The van der Waals surface area contributed by atoms with E-state index in [0.29, 0.717) is 0 Å². The van der Waals surface area contributed by atoms with Gasteiger partial charge in [-0.15, -0.1) is 0 Å². The highest BCUT2D eigenvalue weighted by molar-refractivity contribution is 6.20. The molecule has 0 spiro atoms. The fraction of sp³-hybridized carbons (Fsp3) is 0. The third-order valence-electron chi connectivity index (χ3n) is 13.0. The van der Waals surface area contributed by atoms with Crippen molar-refractivity contribution in [1.29, 1.82) is 0 Å². The number of nitrogens with zero attached hydrogens (tertiary/aromatic N) is 2. The largest absolute Gasteiger partial charge is 0.454 e. The van der Waals surface area contributed by atoms with Gasteiger partial charge in [0.25, 0.3) is 0 Å². The second kappa shape index (κ2) is 14.1. The van der Waals surface area contributed by atoms with Crippen LogP contribution in [0.4, 0.5) is 0 Å². The summed E-state index contributed by atoms with van der Waals surface area (Å²) in [5.74, 6) is 0. The zero-order chi connectivity index (χ0) is 41.4. The summed E-state index contributed by atoms with van der Waals surface area (Å²) in [7, 11) is 0. The highest BCUT2D eigenvalue weighted by atomic mass is 16.3. The van der Waals surface area contributed by atoms with Crippen molar-refractivity contribution >= 4 is 65.6 Å². The molecule has 0 atom stereocenters. The van der Waals surface area contributed by atoms with Gasteiger partial charge in [0, 0.05) is 37.9 Å². The molecule has 0 saturated carbocycles. The van der Waals surface area contributed by atoms with Crippen molar-refractivity contribution in [1.82, 2.24) is 9.13 Å². The summed E-state index contributed by atoms with van der Waals surface area (Å²) < 4.78 is 11.8. The molecule has 3 nitrogen and oxygen atoms in total. The molecule has 294 valence electrons. The maximum Gasteiger partial charge on any atom is 0.160 e. The van der Waals surface area contributed by atoms with Crippen LogP contribution in [0.3, 0.4) is 0 Å². The molecule has 0 saturated heterocycles. The Labute approximate surface area is 363 Å². The molecular weight excluding hydrogens is 765 g/mol. The molecule has 3 aromatic heterocycles. The quantitative estimate of drug-likeness (QED) is 0.164. The molecule has 3 heterocycles. The van der Waals surface area contributed by atoms with Crippen LogP contribution in [-0.4, -0.2) is 9.13 Å². The van der Waals surface area contributed by atoms with Gasteiger partial charge >= 0.3 is 0 Å². The van der Waals surface area contributed by atoms with E-state index in [2.05, 4.69) is 240 Å². The monoisotopic (exact) mass is 802 g/mol. The third kappa shape index (κ3) is 5.40. The molecule has 13 rings (SSSR count). The van der Waals surface area contributed by atoms with E-state index in [-0.39, 0.29) is 0 Å². The second-order valence-electron chi connectivity index (χ2n) is 16.4. The topological polar surface area (TPSA) is 23.0 Å². The summed E-state index contributed by atoms with van der Waals surface area (Å²) in [6.07, 6.45) is 0. The van der Waals surface area contributed by atoms with Crippen LogP contribution in [-0.2, 0) is 0 Å². The summed E-state index contributed by atoms with van der Waals surface area (Å²) in [5.41, 5.74) is 18.0. The van der Waals surface area contributed by atoms with E-state index >= 15 is 0 Å². The van der Waals surface area contributed by atoms with Crippen molar-refractivity contribution in [3.05, 3.63) is 231 Å². The minimum absolute atomic E-state index is 0.870. The Kier molecular flexibility index (Phi) is 7.91. The summed E-state index contributed by atoms with van der Waals surface area (Å²) in [6, 6.07) is 83.2. The van der Waals surface area contributed by atoms with Gasteiger partial charge in [0.15, 0.2) is 5.58 Å². The van der Waals surface area contributed by atoms with Crippen molar-refractivity contribution < 1.29 is 4.42 Å². The van der Waals surface area contributed by atoms with E-state index in [0.717, 1.165) is 44.2 Å². The van der Waals surface area contributed by atoms with Crippen LogP contribution < -0.4 is 0 Å². The van der Waals surface area contributed by atoms with E-state index < -0.39 is 0 Å². The molecule has 13 aromatic rings. The van der Waals surface area contributed by atoms with Gasteiger partial charge in [-0.2, -0.15) is 0 Å². The molecular formula is C60H38N2O. The fourth-order valence-corrected chi connectivity index (χ4v) is 10.3. The Morgan fingerprint density at radius 3 is 1.62 bits per heavy atom. The average molecular weight is 803 g/mol. The average Bonchev–Trinajstić information content (AvgIpc) is 4.02. The predicted molar refractivity (Wildman–Crippen MR) is 264 cm³/mol. The van der Waals surface area contributed by atoms with Gasteiger partial charge in [-0.3, -0.25) is 0 Å². The number of para-hydroxylation sites is 4. The lowest BCUT2D eigenvalue weighted by atomic mass is 9.91. The van der Waals surface area contributed by atoms with E-state index in [4.69, 9.17) is 4.42 Å².